The Morgan fingerprint density at radius 3 is 1.80 bits per heavy atom. The molecule has 0 fully saturated rings. The van der Waals surface area contributed by atoms with Crippen LogP contribution in [0, 0.1) is 0 Å². The third kappa shape index (κ3) is 30.6. The summed E-state index contributed by atoms with van der Waals surface area (Å²) < 4.78 is 28.9. The molecular weight excluding hydrogens is 577 g/mol. The highest BCUT2D eigenvalue weighted by atomic mass is 31.2. The van der Waals surface area contributed by atoms with E-state index in [1.807, 2.05) is 21.1 Å². The summed E-state index contributed by atoms with van der Waals surface area (Å²) in [7, 11) is 1.59. The van der Waals surface area contributed by atoms with Crippen molar-refractivity contribution in [3.63, 3.8) is 0 Å². The second-order valence-corrected chi connectivity index (χ2v) is 14.9. The number of esters is 2. The lowest BCUT2D eigenvalue weighted by atomic mass is 10.1. The van der Waals surface area contributed by atoms with Crippen molar-refractivity contribution in [3.05, 3.63) is 24.3 Å². The number of quaternary nitrogens is 1. The predicted molar refractivity (Wildman–Crippen MR) is 180 cm³/mol. The Hall–Kier alpha value is -1.47. The van der Waals surface area contributed by atoms with Gasteiger partial charge in [-0.2, -0.15) is 0 Å². The van der Waals surface area contributed by atoms with Crippen molar-refractivity contribution in [1.29, 1.82) is 0 Å². The van der Waals surface area contributed by atoms with E-state index in [0.717, 1.165) is 70.6 Å². The number of carbonyl (C=O) groups is 2. The number of carbonyl (C=O) groups excluding carboxylic acids is 2. The topological polar surface area (TPSA) is 102 Å². The number of allylic oxidation sites excluding steroid dienone is 4. The average molecular weight is 644 g/mol. The third-order valence-electron chi connectivity index (χ3n) is 7.30. The van der Waals surface area contributed by atoms with Gasteiger partial charge in [0.05, 0.1) is 40.5 Å². The lowest BCUT2D eigenvalue weighted by Gasteiger charge is -2.30. The van der Waals surface area contributed by atoms with Crippen LogP contribution in [0.3, 0.4) is 0 Å². The number of unbranched alkanes of at least 4 members (excludes halogenated alkanes) is 13. The molecule has 258 valence electrons. The van der Waals surface area contributed by atoms with Crippen LogP contribution in [0.5, 0.6) is 0 Å². The molecule has 0 spiro atoms. The second kappa shape index (κ2) is 27.8. The van der Waals surface area contributed by atoms with Gasteiger partial charge in [-0.05, 0) is 44.9 Å². The molecule has 0 saturated carbocycles. The van der Waals surface area contributed by atoms with Crippen molar-refractivity contribution in [3.8, 4) is 0 Å². The maximum absolute atomic E-state index is 12.4. The smallest absolute Gasteiger partial charge is 0.306 e. The summed E-state index contributed by atoms with van der Waals surface area (Å²) in [6.45, 7) is 4.22. The van der Waals surface area contributed by atoms with Gasteiger partial charge in [-0.15, -0.1) is 0 Å². The summed E-state index contributed by atoms with van der Waals surface area (Å²) in [6.07, 6.45) is 26.8. The van der Waals surface area contributed by atoms with Crippen molar-refractivity contribution >= 4 is 19.5 Å². The maximum atomic E-state index is 12.4. The zero-order valence-electron chi connectivity index (χ0n) is 28.9. The maximum Gasteiger partial charge on any atom is 0.306 e. The van der Waals surface area contributed by atoms with Gasteiger partial charge in [-0.3, -0.25) is 9.59 Å². The fraction of sp³-hybridized carbons (Fsp3) is 0.829. The second-order valence-electron chi connectivity index (χ2n) is 12.9. The molecular formula is C35H66NO7P. The molecule has 0 aromatic rings. The molecule has 0 aromatic carbocycles. The molecule has 0 aliphatic rings. The Labute approximate surface area is 270 Å². The van der Waals surface area contributed by atoms with Crippen molar-refractivity contribution in [2.24, 2.45) is 0 Å². The van der Waals surface area contributed by atoms with Gasteiger partial charge in [0.1, 0.15) is 14.2 Å². The molecule has 0 aromatic heterocycles. The van der Waals surface area contributed by atoms with Crippen molar-refractivity contribution in [1.82, 2.24) is 0 Å². The fourth-order valence-corrected chi connectivity index (χ4v) is 5.80. The molecule has 0 aliphatic heterocycles. The first-order valence-corrected chi connectivity index (χ1v) is 19.1. The van der Waals surface area contributed by atoms with Crippen LogP contribution in [-0.4, -0.2) is 69.6 Å². The molecule has 0 saturated heterocycles. The summed E-state index contributed by atoms with van der Waals surface area (Å²) >= 11 is 0. The van der Waals surface area contributed by atoms with Crippen LogP contribution in [0.4, 0.5) is 0 Å². The van der Waals surface area contributed by atoms with E-state index < -0.39 is 19.7 Å². The van der Waals surface area contributed by atoms with E-state index in [-0.39, 0.29) is 38.2 Å². The van der Waals surface area contributed by atoms with E-state index in [1.165, 1.54) is 32.1 Å². The molecule has 0 N–H and O–H groups in total. The highest BCUT2D eigenvalue weighted by Gasteiger charge is 2.22. The van der Waals surface area contributed by atoms with E-state index >= 15 is 0 Å². The summed E-state index contributed by atoms with van der Waals surface area (Å²) in [6, 6.07) is 0. The quantitative estimate of drug-likeness (QED) is 0.0255. The van der Waals surface area contributed by atoms with Crippen LogP contribution in [0.1, 0.15) is 136 Å². The molecule has 8 nitrogen and oxygen atoms in total. The first-order valence-electron chi connectivity index (χ1n) is 17.4. The van der Waals surface area contributed by atoms with Gasteiger partial charge in [-0.1, -0.05) is 102 Å². The molecule has 0 heterocycles. The lowest BCUT2D eigenvalue weighted by Crippen LogP contribution is -2.38. The van der Waals surface area contributed by atoms with Crippen LogP contribution in [0.25, 0.3) is 0 Å². The van der Waals surface area contributed by atoms with E-state index in [2.05, 4.69) is 38.2 Å². The molecule has 0 bridgehead atoms. The molecule has 0 aliphatic carbocycles. The van der Waals surface area contributed by atoms with Crippen LogP contribution in [0.15, 0.2) is 24.3 Å². The number of rotatable bonds is 30. The predicted octanol–water partition coefficient (Wildman–Crippen LogP) is 8.28. The normalized spacial score (nSPS) is 14.2. The van der Waals surface area contributed by atoms with Gasteiger partial charge in [0.25, 0.3) is 0 Å². The van der Waals surface area contributed by atoms with E-state index in [9.17, 15) is 19.0 Å². The number of hydrogen-bond donors (Lipinski definition) is 0. The highest BCUT2D eigenvalue weighted by molar-refractivity contribution is 7.51. The molecule has 0 radical (unpaired) electrons. The number of hydrogen-bond acceptors (Lipinski definition) is 7. The van der Waals surface area contributed by atoms with Crippen LogP contribution in [-0.2, 0) is 28.2 Å². The largest absolute Gasteiger partial charge is 0.778 e. The van der Waals surface area contributed by atoms with E-state index in [0.29, 0.717) is 17.4 Å². The zero-order valence-corrected chi connectivity index (χ0v) is 29.8. The standard InChI is InChI=1S/C35H66NO7P/c1-6-8-10-12-14-15-16-17-18-19-20-21-22-24-25-27-34(37)41-31-33(32-42-44(39,40)30-29-36(3,4)5)43-35(38)28-26-23-13-11-9-7-2/h14-15,17-18,33H,6-13,16,19-32H2,1-5H3. The van der Waals surface area contributed by atoms with Crippen molar-refractivity contribution < 1.29 is 37.5 Å². The number of ether oxygens (including phenoxy) is 2. The van der Waals surface area contributed by atoms with Crippen LogP contribution >= 0.6 is 7.60 Å². The van der Waals surface area contributed by atoms with Gasteiger partial charge in [-0.25, -0.2) is 0 Å². The van der Waals surface area contributed by atoms with Crippen LogP contribution in [0.2, 0.25) is 0 Å². The van der Waals surface area contributed by atoms with Gasteiger partial charge in [0.2, 0.25) is 0 Å². The molecule has 9 heteroatoms. The summed E-state index contributed by atoms with van der Waals surface area (Å²) in [5, 5.41) is 0. The molecule has 0 rings (SSSR count). The van der Waals surface area contributed by atoms with E-state index in [4.69, 9.17) is 14.0 Å². The van der Waals surface area contributed by atoms with Crippen LogP contribution < -0.4 is 4.89 Å². The minimum absolute atomic E-state index is 0.123. The van der Waals surface area contributed by atoms with Gasteiger partial charge < -0.3 is 27.9 Å². The molecule has 2 unspecified atom stereocenters. The summed E-state index contributed by atoms with van der Waals surface area (Å²) in [5.74, 6) is -0.797. The van der Waals surface area contributed by atoms with E-state index in [1.54, 1.807) is 0 Å². The highest BCUT2D eigenvalue weighted by Crippen LogP contribution is 2.37. The van der Waals surface area contributed by atoms with Crippen molar-refractivity contribution in [2.75, 3.05) is 47.1 Å². The SMILES string of the molecule is CCCCCC=CCC=CCCCCCCCC(=O)OCC(COP(=O)([O-])CC[N+](C)(C)C)OC(=O)CCCCCCCC. The Morgan fingerprint density at radius 2 is 1.20 bits per heavy atom. The Morgan fingerprint density at radius 1 is 0.705 bits per heavy atom. The Bertz CT molecular complexity index is 822. The molecule has 44 heavy (non-hydrogen) atoms. The monoisotopic (exact) mass is 643 g/mol. The molecule has 0 amide bonds. The summed E-state index contributed by atoms with van der Waals surface area (Å²) in [5.41, 5.74) is 0. The lowest BCUT2D eigenvalue weighted by molar-refractivity contribution is -0.868. The average Bonchev–Trinajstić information content (AvgIpc) is 2.97. The Balaban J connectivity index is 4.36. The van der Waals surface area contributed by atoms with Gasteiger partial charge in [0.15, 0.2) is 6.10 Å². The van der Waals surface area contributed by atoms with Gasteiger partial charge in [0, 0.05) is 12.8 Å². The zero-order chi connectivity index (χ0) is 32.9. The summed E-state index contributed by atoms with van der Waals surface area (Å²) in [4.78, 5) is 37.2. The van der Waals surface area contributed by atoms with Gasteiger partial charge >= 0.3 is 11.9 Å². The number of nitrogens with zero attached hydrogens (tertiary/aromatic N) is 1. The first-order chi connectivity index (χ1) is 21.0. The third-order valence-corrected chi connectivity index (χ3v) is 8.59. The first kappa shape index (κ1) is 42.5. The minimum atomic E-state index is -4.12. The fourth-order valence-electron chi connectivity index (χ4n) is 4.43. The van der Waals surface area contributed by atoms with Crippen molar-refractivity contribution in [2.45, 2.75) is 142 Å². The minimum Gasteiger partial charge on any atom is -0.778 e. The Kier molecular flexibility index (Phi) is 26.9. The molecule has 2 atom stereocenters.